The Kier molecular flexibility index (Phi) is 4.59. The van der Waals surface area contributed by atoms with Gasteiger partial charge in [-0.15, -0.1) is 0 Å². The van der Waals surface area contributed by atoms with E-state index >= 15 is 0 Å². The molecule has 0 radical (unpaired) electrons. The summed E-state index contributed by atoms with van der Waals surface area (Å²) in [5.74, 6) is 3.42. The van der Waals surface area contributed by atoms with E-state index in [9.17, 15) is 0 Å². The maximum Gasteiger partial charge on any atom is 0.140 e. The molecule has 90 valence electrons. The van der Waals surface area contributed by atoms with E-state index in [0.29, 0.717) is 5.82 Å². The van der Waals surface area contributed by atoms with Gasteiger partial charge in [-0.2, -0.15) is 11.8 Å². The summed E-state index contributed by atoms with van der Waals surface area (Å²) in [7, 11) is 0. The smallest absolute Gasteiger partial charge is 0.140 e. The number of thioether (sulfide) groups is 1. The fraction of sp³-hybridized carbons (Fsp3) is 0.667. The van der Waals surface area contributed by atoms with Crippen LogP contribution in [0, 0.1) is 0 Å². The van der Waals surface area contributed by atoms with Gasteiger partial charge in [0.05, 0.1) is 11.4 Å². The van der Waals surface area contributed by atoms with Crippen LogP contribution in [0.2, 0.25) is 0 Å². The molecule has 0 spiro atoms. The fourth-order valence-corrected chi connectivity index (χ4v) is 2.02. The van der Waals surface area contributed by atoms with Gasteiger partial charge in [-0.1, -0.05) is 27.7 Å². The normalized spacial score (nSPS) is 11.8. The molecule has 2 N–H and O–H groups in total. The quantitative estimate of drug-likeness (QED) is 0.821. The number of hydrogen-bond acceptors (Lipinski definition) is 4. The molecule has 1 aromatic rings. The minimum atomic E-state index is 0.0290. The van der Waals surface area contributed by atoms with Crippen LogP contribution in [0.4, 0.5) is 5.82 Å². The molecule has 0 bridgehead atoms. The van der Waals surface area contributed by atoms with Crippen LogP contribution in [0.25, 0.3) is 0 Å². The fourth-order valence-electron chi connectivity index (χ4n) is 1.27. The summed E-state index contributed by atoms with van der Waals surface area (Å²) < 4.78 is 0. The molecule has 0 unspecified atom stereocenters. The minimum absolute atomic E-state index is 0.0290. The second kappa shape index (κ2) is 5.53. The summed E-state index contributed by atoms with van der Waals surface area (Å²) >= 11 is 1.85. The van der Waals surface area contributed by atoms with E-state index in [1.54, 1.807) is 0 Å². The predicted molar refractivity (Wildman–Crippen MR) is 71.6 cm³/mol. The molecule has 0 aliphatic rings. The van der Waals surface area contributed by atoms with Gasteiger partial charge in [-0.25, -0.2) is 9.97 Å². The van der Waals surface area contributed by atoms with E-state index in [1.807, 2.05) is 17.8 Å². The lowest BCUT2D eigenvalue weighted by molar-refractivity contribution is 0.564. The number of nitrogens with zero attached hydrogens (tertiary/aromatic N) is 2. The first-order chi connectivity index (χ1) is 7.43. The zero-order valence-electron chi connectivity index (χ0n) is 10.6. The Labute approximate surface area is 102 Å². The monoisotopic (exact) mass is 239 g/mol. The Hall–Kier alpha value is -0.770. The Bertz CT molecular complexity index is 345. The largest absolute Gasteiger partial charge is 0.384 e. The van der Waals surface area contributed by atoms with Gasteiger partial charge in [0.1, 0.15) is 11.6 Å². The van der Waals surface area contributed by atoms with E-state index in [0.717, 1.165) is 23.0 Å². The van der Waals surface area contributed by atoms with Gasteiger partial charge in [0.2, 0.25) is 0 Å². The summed E-state index contributed by atoms with van der Waals surface area (Å²) in [5.41, 5.74) is 6.85. The number of hydrogen-bond donors (Lipinski definition) is 1. The van der Waals surface area contributed by atoms with Crippen LogP contribution < -0.4 is 5.73 Å². The van der Waals surface area contributed by atoms with Gasteiger partial charge in [0.25, 0.3) is 0 Å². The maximum absolute atomic E-state index is 5.80. The van der Waals surface area contributed by atoms with Crippen molar-refractivity contribution in [2.75, 3.05) is 11.5 Å². The molecule has 1 aromatic heterocycles. The van der Waals surface area contributed by atoms with Crippen LogP contribution >= 0.6 is 11.8 Å². The van der Waals surface area contributed by atoms with E-state index < -0.39 is 0 Å². The van der Waals surface area contributed by atoms with Crippen molar-refractivity contribution in [2.24, 2.45) is 0 Å². The summed E-state index contributed by atoms with van der Waals surface area (Å²) in [5, 5.41) is 0. The van der Waals surface area contributed by atoms with E-state index in [2.05, 4.69) is 37.7 Å². The van der Waals surface area contributed by atoms with Gasteiger partial charge in [-0.3, -0.25) is 0 Å². The standard InChI is InChI=1S/C12H21N3S/c1-5-6-16-8-11-14-9(12(2,3)4)7-10(13)15-11/h7H,5-6,8H2,1-4H3,(H2,13,14,15). The zero-order chi connectivity index (χ0) is 12.2. The van der Waals surface area contributed by atoms with Crippen molar-refractivity contribution in [1.29, 1.82) is 0 Å². The molecule has 0 saturated carbocycles. The molecule has 0 aliphatic heterocycles. The highest BCUT2D eigenvalue weighted by atomic mass is 32.2. The van der Waals surface area contributed by atoms with Crippen molar-refractivity contribution in [3.05, 3.63) is 17.6 Å². The van der Waals surface area contributed by atoms with Crippen LogP contribution in [-0.2, 0) is 11.2 Å². The van der Waals surface area contributed by atoms with Crippen LogP contribution in [0.3, 0.4) is 0 Å². The first-order valence-electron chi connectivity index (χ1n) is 5.65. The lowest BCUT2D eigenvalue weighted by Crippen LogP contribution is -2.16. The number of nitrogens with two attached hydrogens (primary N) is 1. The van der Waals surface area contributed by atoms with Crippen LogP contribution in [0.15, 0.2) is 6.07 Å². The molecule has 0 fully saturated rings. The van der Waals surface area contributed by atoms with Crippen LogP contribution in [-0.4, -0.2) is 15.7 Å². The molecule has 0 saturated heterocycles. The van der Waals surface area contributed by atoms with Crippen molar-refractivity contribution < 1.29 is 0 Å². The molecule has 1 heterocycles. The van der Waals surface area contributed by atoms with Crippen molar-refractivity contribution in [2.45, 2.75) is 45.3 Å². The molecule has 4 heteroatoms. The van der Waals surface area contributed by atoms with Gasteiger partial charge in [0.15, 0.2) is 0 Å². The summed E-state index contributed by atoms with van der Waals surface area (Å²) in [6.07, 6.45) is 1.18. The van der Waals surface area contributed by atoms with Crippen molar-refractivity contribution in [3.63, 3.8) is 0 Å². The third-order valence-corrected chi connectivity index (χ3v) is 3.30. The average Bonchev–Trinajstić information content (AvgIpc) is 2.16. The second-order valence-electron chi connectivity index (χ2n) is 4.90. The van der Waals surface area contributed by atoms with E-state index in [4.69, 9.17) is 5.73 Å². The third kappa shape index (κ3) is 4.00. The number of anilines is 1. The van der Waals surface area contributed by atoms with Crippen LogP contribution in [0.1, 0.15) is 45.6 Å². The number of aromatic nitrogens is 2. The van der Waals surface area contributed by atoms with E-state index in [-0.39, 0.29) is 5.41 Å². The Morgan fingerprint density at radius 1 is 1.31 bits per heavy atom. The van der Waals surface area contributed by atoms with Crippen LogP contribution in [0.5, 0.6) is 0 Å². The van der Waals surface area contributed by atoms with E-state index in [1.165, 1.54) is 6.42 Å². The molecular formula is C12H21N3S. The molecule has 1 rings (SSSR count). The number of rotatable bonds is 4. The maximum atomic E-state index is 5.80. The first kappa shape index (κ1) is 13.3. The summed E-state index contributed by atoms with van der Waals surface area (Å²) in [6.45, 7) is 8.58. The van der Waals surface area contributed by atoms with Crippen molar-refractivity contribution in [3.8, 4) is 0 Å². The van der Waals surface area contributed by atoms with Gasteiger partial charge >= 0.3 is 0 Å². The molecule has 0 amide bonds. The Balaban J connectivity index is 2.82. The van der Waals surface area contributed by atoms with Crippen molar-refractivity contribution in [1.82, 2.24) is 9.97 Å². The Morgan fingerprint density at radius 2 is 2.00 bits per heavy atom. The zero-order valence-corrected chi connectivity index (χ0v) is 11.4. The molecule has 0 aliphatic carbocycles. The van der Waals surface area contributed by atoms with Gasteiger partial charge < -0.3 is 5.73 Å². The predicted octanol–water partition coefficient (Wildman–Crippen LogP) is 3.00. The van der Waals surface area contributed by atoms with Crippen molar-refractivity contribution >= 4 is 17.6 Å². The van der Waals surface area contributed by atoms with Gasteiger partial charge in [0, 0.05) is 11.5 Å². The Morgan fingerprint density at radius 3 is 2.56 bits per heavy atom. The highest BCUT2D eigenvalue weighted by Gasteiger charge is 2.17. The lowest BCUT2D eigenvalue weighted by atomic mass is 9.92. The highest BCUT2D eigenvalue weighted by molar-refractivity contribution is 7.98. The lowest BCUT2D eigenvalue weighted by Gasteiger charge is -2.18. The van der Waals surface area contributed by atoms with Gasteiger partial charge in [-0.05, 0) is 12.2 Å². The second-order valence-corrected chi connectivity index (χ2v) is 6.00. The number of nitrogen functional groups attached to an aromatic ring is 1. The summed E-state index contributed by atoms with van der Waals surface area (Å²) in [4.78, 5) is 8.83. The molecule has 0 atom stereocenters. The first-order valence-corrected chi connectivity index (χ1v) is 6.80. The molecule has 0 aromatic carbocycles. The SMILES string of the molecule is CCCSCc1nc(N)cc(C(C)(C)C)n1. The molecule has 16 heavy (non-hydrogen) atoms. The summed E-state index contributed by atoms with van der Waals surface area (Å²) in [6, 6.07) is 1.87. The highest BCUT2D eigenvalue weighted by Crippen LogP contribution is 2.22. The molecule has 3 nitrogen and oxygen atoms in total. The molecular weight excluding hydrogens is 218 g/mol. The average molecular weight is 239 g/mol. The minimum Gasteiger partial charge on any atom is -0.384 e. The third-order valence-electron chi connectivity index (χ3n) is 2.14. The topological polar surface area (TPSA) is 51.8 Å².